The van der Waals surface area contributed by atoms with Gasteiger partial charge in [0, 0.05) is 11.3 Å². The molecule has 9 heteroatoms. The molecular weight excluding hydrogens is 428 g/mol. The van der Waals surface area contributed by atoms with Gasteiger partial charge in [0.2, 0.25) is 5.16 Å². The van der Waals surface area contributed by atoms with Crippen LogP contribution in [0.15, 0.2) is 64.4 Å². The first-order chi connectivity index (χ1) is 15.6. The number of fused-ring (bicyclic) bond motifs is 1. The van der Waals surface area contributed by atoms with Crippen LogP contribution in [0, 0.1) is 0 Å². The van der Waals surface area contributed by atoms with E-state index in [-0.39, 0.29) is 6.61 Å². The molecule has 0 fully saturated rings. The lowest BCUT2D eigenvalue weighted by Crippen LogP contribution is -2.21. The average molecular weight is 451 g/mol. The number of aromatic nitrogens is 3. The van der Waals surface area contributed by atoms with E-state index in [1.165, 1.54) is 11.8 Å². The van der Waals surface area contributed by atoms with Crippen molar-refractivity contribution in [1.29, 1.82) is 0 Å². The highest BCUT2D eigenvalue weighted by atomic mass is 32.2. The summed E-state index contributed by atoms with van der Waals surface area (Å²) in [5.41, 5.74) is 2.61. The van der Waals surface area contributed by atoms with Gasteiger partial charge in [0.25, 0.3) is 0 Å². The number of carbonyl (C=O) groups is 1. The minimum absolute atomic E-state index is 0.268. The molecule has 32 heavy (non-hydrogen) atoms. The zero-order chi connectivity index (χ0) is 22.5. The van der Waals surface area contributed by atoms with Crippen molar-refractivity contribution in [2.45, 2.75) is 12.1 Å². The van der Waals surface area contributed by atoms with E-state index in [9.17, 15) is 4.79 Å². The molecule has 1 aliphatic rings. The van der Waals surface area contributed by atoms with E-state index in [1.807, 2.05) is 48.5 Å². The van der Waals surface area contributed by atoms with Crippen LogP contribution in [0.3, 0.4) is 0 Å². The molecule has 4 rings (SSSR count). The predicted molar refractivity (Wildman–Crippen MR) is 123 cm³/mol. The molecule has 0 bridgehead atoms. The number of thioether (sulfide) groups is 1. The quantitative estimate of drug-likeness (QED) is 0.398. The van der Waals surface area contributed by atoms with E-state index in [0.29, 0.717) is 33.8 Å². The second-order valence-corrected chi connectivity index (χ2v) is 7.68. The Balaban J connectivity index is 1.76. The van der Waals surface area contributed by atoms with Crippen molar-refractivity contribution in [2.24, 2.45) is 5.10 Å². The van der Waals surface area contributed by atoms with Gasteiger partial charge in [0.1, 0.15) is 11.5 Å². The first-order valence-electron chi connectivity index (χ1n) is 9.96. The number of methoxy groups -OCH3 is 2. The molecule has 0 aliphatic carbocycles. The van der Waals surface area contributed by atoms with Gasteiger partial charge in [0.05, 0.1) is 32.1 Å². The van der Waals surface area contributed by atoms with E-state index < -0.39 is 5.97 Å². The summed E-state index contributed by atoms with van der Waals surface area (Å²) in [4.78, 5) is 12.8. The minimum Gasteiger partial charge on any atom is -0.497 e. The van der Waals surface area contributed by atoms with Crippen LogP contribution >= 0.6 is 11.8 Å². The Kier molecular flexibility index (Phi) is 6.55. The van der Waals surface area contributed by atoms with E-state index in [4.69, 9.17) is 19.3 Å². The molecule has 0 N–H and O–H groups in total. The van der Waals surface area contributed by atoms with Gasteiger partial charge in [-0.05, 0) is 55.0 Å². The van der Waals surface area contributed by atoms with Crippen molar-refractivity contribution in [3.8, 4) is 22.9 Å². The number of benzene rings is 2. The Bertz CT molecular complexity index is 1180. The van der Waals surface area contributed by atoms with Gasteiger partial charge in [-0.1, -0.05) is 23.9 Å². The summed E-state index contributed by atoms with van der Waals surface area (Å²) >= 11 is 1.46. The van der Waals surface area contributed by atoms with E-state index in [2.05, 4.69) is 10.2 Å². The molecule has 1 aliphatic heterocycles. The van der Waals surface area contributed by atoms with Gasteiger partial charge in [-0.3, -0.25) is 0 Å². The summed E-state index contributed by atoms with van der Waals surface area (Å²) in [7, 11) is 3.22. The van der Waals surface area contributed by atoms with Crippen LogP contribution < -0.4 is 9.47 Å². The largest absolute Gasteiger partial charge is 0.497 e. The first-order valence-corrected chi connectivity index (χ1v) is 10.9. The minimum atomic E-state index is -0.433. The number of hydrogen-bond acceptors (Lipinski definition) is 8. The SMILES string of the molecule is CCOC(=O)/C(=C\c1cccc(OC)c1)C1=Nn2c(nnc2-c2ccc(OC)cc2)SC1. The molecule has 0 saturated heterocycles. The van der Waals surface area contributed by atoms with Gasteiger partial charge in [-0.25, -0.2) is 4.79 Å². The molecule has 0 spiro atoms. The van der Waals surface area contributed by atoms with E-state index in [0.717, 1.165) is 16.9 Å². The van der Waals surface area contributed by atoms with E-state index >= 15 is 0 Å². The third-order valence-corrected chi connectivity index (χ3v) is 5.66. The van der Waals surface area contributed by atoms with Crippen LogP contribution in [0.4, 0.5) is 0 Å². The molecule has 3 aromatic rings. The monoisotopic (exact) mass is 450 g/mol. The lowest BCUT2D eigenvalue weighted by Gasteiger charge is -2.16. The van der Waals surface area contributed by atoms with E-state index in [1.54, 1.807) is 31.9 Å². The fraction of sp³-hybridized carbons (Fsp3) is 0.217. The van der Waals surface area contributed by atoms with Crippen molar-refractivity contribution in [2.75, 3.05) is 26.6 Å². The van der Waals surface area contributed by atoms with Crippen LogP contribution in [0.2, 0.25) is 0 Å². The van der Waals surface area contributed by atoms with Crippen LogP contribution in [0.1, 0.15) is 12.5 Å². The molecular formula is C23H22N4O4S. The molecule has 2 heterocycles. The lowest BCUT2D eigenvalue weighted by molar-refractivity contribution is -0.137. The van der Waals surface area contributed by atoms with Crippen molar-refractivity contribution in [3.05, 3.63) is 59.7 Å². The zero-order valence-corrected chi connectivity index (χ0v) is 18.8. The number of rotatable bonds is 7. The molecule has 2 aromatic carbocycles. The van der Waals surface area contributed by atoms with Gasteiger partial charge in [0.15, 0.2) is 5.82 Å². The molecule has 0 atom stereocenters. The fourth-order valence-electron chi connectivity index (χ4n) is 3.15. The standard InChI is InChI=1S/C23H22N4O4S/c1-4-31-22(28)19(13-15-6-5-7-18(12-15)30-3)20-14-32-23-25-24-21(27(23)26-20)16-8-10-17(29-2)11-9-16/h5-13H,4,14H2,1-3H3/b19-13-. The summed E-state index contributed by atoms with van der Waals surface area (Å²) in [5, 5.41) is 13.9. The summed E-state index contributed by atoms with van der Waals surface area (Å²) in [5.74, 6) is 2.06. The van der Waals surface area contributed by atoms with Crippen molar-refractivity contribution < 1.29 is 19.0 Å². The highest BCUT2D eigenvalue weighted by Crippen LogP contribution is 2.30. The molecule has 0 radical (unpaired) electrons. The van der Waals surface area contributed by atoms with Crippen LogP contribution in [0.5, 0.6) is 11.5 Å². The number of hydrogen-bond donors (Lipinski definition) is 0. The second kappa shape index (κ2) is 9.69. The Morgan fingerprint density at radius 1 is 1.09 bits per heavy atom. The summed E-state index contributed by atoms with van der Waals surface area (Å²) in [6.45, 7) is 2.04. The first kappa shape index (κ1) is 21.6. The maximum absolute atomic E-state index is 12.8. The van der Waals surface area contributed by atoms with Gasteiger partial charge in [-0.15, -0.1) is 10.2 Å². The third kappa shape index (κ3) is 4.52. The summed E-state index contributed by atoms with van der Waals surface area (Å²) in [6.07, 6.45) is 1.77. The molecule has 1 aromatic heterocycles. The topological polar surface area (TPSA) is 87.8 Å². The summed E-state index contributed by atoms with van der Waals surface area (Å²) < 4.78 is 17.5. The van der Waals surface area contributed by atoms with Crippen molar-refractivity contribution >= 4 is 29.5 Å². The molecule has 0 amide bonds. The third-order valence-electron chi connectivity index (χ3n) is 4.73. The zero-order valence-electron chi connectivity index (χ0n) is 17.9. The average Bonchev–Trinajstić information content (AvgIpc) is 3.26. The van der Waals surface area contributed by atoms with Gasteiger partial charge < -0.3 is 14.2 Å². The van der Waals surface area contributed by atoms with Crippen LogP contribution in [-0.4, -0.2) is 53.1 Å². The smallest absolute Gasteiger partial charge is 0.340 e. The number of carbonyl (C=O) groups excluding carboxylic acids is 1. The lowest BCUT2D eigenvalue weighted by atomic mass is 10.1. The van der Waals surface area contributed by atoms with Gasteiger partial charge in [-0.2, -0.15) is 9.78 Å². The van der Waals surface area contributed by atoms with Crippen molar-refractivity contribution in [1.82, 2.24) is 14.9 Å². The van der Waals surface area contributed by atoms with Crippen LogP contribution in [0.25, 0.3) is 17.5 Å². The second-order valence-electron chi connectivity index (χ2n) is 6.74. The molecule has 0 unspecified atom stereocenters. The summed E-state index contributed by atoms with van der Waals surface area (Å²) in [6, 6.07) is 14.9. The molecule has 8 nitrogen and oxygen atoms in total. The van der Waals surface area contributed by atoms with Gasteiger partial charge >= 0.3 is 5.97 Å². The number of ether oxygens (including phenoxy) is 3. The fourth-order valence-corrected chi connectivity index (χ4v) is 3.97. The van der Waals surface area contributed by atoms with Crippen molar-refractivity contribution in [3.63, 3.8) is 0 Å². The maximum atomic E-state index is 12.8. The highest BCUT2D eigenvalue weighted by Gasteiger charge is 2.25. The Labute approximate surface area is 189 Å². The maximum Gasteiger partial charge on any atom is 0.340 e. The Hall–Kier alpha value is -3.59. The number of nitrogens with zero attached hydrogens (tertiary/aromatic N) is 4. The normalized spacial score (nSPS) is 13.2. The highest BCUT2D eigenvalue weighted by molar-refractivity contribution is 7.99. The predicted octanol–water partition coefficient (Wildman–Crippen LogP) is 3.92. The molecule has 164 valence electrons. The Morgan fingerprint density at radius 3 is 2.59 bits per heavy atom. The Morgan fingerprint density at radius 2 is 1.88 bits per heavy atom. The van der Waals surface area contributed by atoms with Crippen LogP contribution in [-0.2, 0) is 9.53 Å². The number of esters is 1. The molecule has 0 saturated carbocycles.